The van der Waals surface area contributed by atoms with E-state index in [-0.39, 0.29) is 18.0 Å². The molecule has 0 spiro atoms. The normalized spacial score (nSPS) is 20.5. The molecule has 3 rings (SSSR count). The Hall–Kier alpha value is -2.08. The van der Waals surface area contributed by atoms with Crippen molar-refractivity contribution in [3.63, 3.8) is 0 Å². The number of thiophene rings is 1. The molecule has 0 bridgehead atoms. The second-order valence-corrected chi connectivity index (χ2v) is 6.91. The molecule has 0 radical (unpaired) electrons. The van der Waals surface area contributed by atoms with E-state index in [1.165, 1.54) is 0 Å². The molecule has 128 valence electrons. The van der Waals surface area contributed by atoms with Crippen LogP contribution in [0.1, 0.15) is 37.8 Å². The van der Waals surface area contributed by atoms with E-state index in [0.29, 0.717) is 18.7 Å². The summed E-state index contributed by atoms with van der Waals surface area (Å²) in [5.74, 6) is 0.0476. The molecule has 1 aromatic rings. The van der Waals surface area contributed by atoms with Gasteiger partial charge in [-0.2, -0.15) is 11.3 Å². The van der Waals surface area contributed by atoms with Crippen LogP contribution in [0.3, 0.4) is 0 Å². The van der Waals surface area contributed by atoms with Gasteiger partial charge in [0, 0.05) is 13.1 Å². The lowest BCUT2D eigenvalue weighted by Crippen LogP contribution is -2.47. The third-order valence-electron chi connectivity index (χ3n) is 4.52. The molecule has 1 N–H and O–H groups in total. The summed E-state index contributed by atoms with van der Waals surface area (Å²) in [4.78, 5) is 29.0. The average molecular weight is 345 g/mol. The summed E-state index contributed by atoms with van der Waals surface area (Å²) < 4.78 is 0. The molecule has 0 saturated heterocycles. The molecule has 2 aliphatic heterocycles. The van der Waals surface area contributed by atoms with Crippen LogP contribution in [0.4, 0.5) is 4.79 Å². The molecule has 3 amide bonds. The summed E-state index contributed by atoms with van der Waals surface area (Å²) in [7, 11) is 0. The van der Waals surface area contributed by atoms with Crippen LogP contribution in [-0.4, -0.2) is 41.4 Å². The summed E-state index contributed by atoms with van der Waals surface area (Å²) in [6.07, 6.45) is 4.92. The van der Waals surface area contributed by atoms with Gasteiger partial charge in [-0.05, 0) is 28.8 Å². The van der Waals surface area contributed by atoms with Crippen molar-refractivity contribution >= 4 is 23.3 Å². The standard InChI is InChI=1S/C18H23N3O2S/c1-3-5-6-9-20-11-14-15(17(20)22)16(13-7-10-24-12-13)19-18(23)21(14)8-4-2/h4,7,10,12,16H,2-3,5-6,8-9,11H2,1H3,(H,19,23)/t16-/m1/s1. The SMILES string of the molecule is C=CCN1C(=O)N[C@H](c2ccsc2)C2=C1CN(CCCCC)C2=O. The molecule has 1 atom stereocenters. The van der Waals surface area contributed by atoms with Gasteiger partial charge in [-0.3, -0.25) is 9.69 Å². The second-order valence-electron chi connectivity index (χ2n) is 6.13. The van der Waals surface area contributed by atoms with E-state index in [1.807, 2.05) is 21.7 Å². The van der Waals surface area contributed by atoms with Gasteiger partial charge in [0.2, 0.25) is 0 Å². The van der Waals surface area contributed by atoms with Gasteiger partial charge >= 0.3 is 6.03 Å². The number of rotatable bonds is 7. The Kier molecular flexibility index (Phi) is 5.04. The van der Waals surface area contributed by atoms with Gasteiger partial charge in [0.15, 0.2) is 0 Å². The minimum absolute atomic E-state index is 0.0476. The van der Waals surface area contributed by atoms with Crippen molar-refractivity contribution in [2.75, 3.05) is 19.6 Å². The highest BCUT2D eigenvalue weighted by Gasteiger charge is 2.43. The van der Waals surface area contributed by atoms with Crippen LogP contribution < -0.4 is 5.32 Å². The summed E-state index contributed by atoms with van der Waals surface area (Å²) >= 11 is 1.57. The van der Waals surface area contributed by atoms with Crippen LogP contribution in [0, 0.1) is 0 Å². The highest BCUT2D eigenvalue weighted by molar-refractivity contribution is 7.08. The fourth-order valence-corrected chi connectivity index (χ4v) is 3.98. The number of carbonyl (C=O) groups excluding carboxylic acids is 2. The molecule has 5 nitrogen and oxygen atoms in total. The zero-order valence-electron chi connectivity index (χ0n) is 14.0. The summed E-state index contributed by atoms with van der Waals surface area (Å²) in [5.41, 5.74) is 2.52. The van der Waals surface area contributed by atoms with Crippen LogP contribution in [0.25, 0.3) is 0 Å². The van der Waals surface area contributed by atoms with E-state index in [9.17, 15) is 9.59 Å². The molecule has 0 saturated carbocycles. The second kappa shape index (κ2) is 7.21. The van der Waals surface area contributed by atoms with Crippen LogP contribution in [0.2, 0.25) is 0 Å². The number of urea groups is 1. The van der Waals surface area contributed by atoms with Crippen LogP contribution in [0.15, 0.2) is 40.8 Å². The monoisotopic (exact) mass is 345 g/mol. The first-order valence-corrected chi connectivity index (χ1v) is 9.35. The van der Waals surface area contributed by atoms with Gasteiger partial charge in [0.25, 0.3) is 5.91 Å². The zero-order chi connectivity index (χ0) is 17.1. The van der Waals surface area contributed by atoms with Gasteiger partial charge in [0.05, 0.1) is 23.9 Å². The molecule has 3 heterocycles. The average Bonchev–Trinajstić information content (AvgIpc) is 3.20. The highest BCUT2D eigenvalue weighted by atomic mass is 32.1. The molecule has 24 heavy (non-hydrogen) atoms. The summed E-state index contributed by atoms with van der Waals surface area (Å²) in [6, 6.07) is 1.47. The van der Waals surface area contributed by atoms with Gasteiger partial charge in [-0.15, -0.1) is 6.58 Å². The van der Waals surface area contributed by atoms with E-state index in [0.717, 1.165) is 37.1 Å². The number of hydrogen-bond donors (Lipinski definition) is 1. The van der Waals surface area contributed by atoms with Crippen molar-refractivity contribution in [3.05, 3.63) is 46.3 Å². The Morgan fingerprint density at radius 1 is 1.42 bits per heavy atom. The van der Waals surface area contributed by atoms with Crippen molar-refractivity contribution in [2.24, 2.45) is 0 Å². The van der Waals surface area contributed by atoms with Crippen molar-refractivity contribution in [2.45, 2.75) is 32.2 Å². The lowest BCUT2D eigenvalue weighted by molar-refractivity contribution is -0.125. The topological polar surface area (TPSA) is 52.7 Å². The van der Waals surface area contributed by atoms with Crippen molar-refractivity contribution in [1.29, 1.82) is 0 Å². The van der Waals surface area contributed by atoms with E-state index in [1.54, 1.807) is 22.3 Å². The van der Waals surface area contributed by atoms with Crippen LogP contribution in [-0.2, 0) is 4.79 Å². The molecular formula is C18H23N3O2S. The first-order chi connectivity index (χ1) is 11.7. The van der Waals surface area contributed by atoms with Gasteiger partial charge in [-0.1, -0.05) is 25.8 Å². The number of nitrogens with one attached hydrogen (secondary N) is 1. The minimum Gasteiger partial charge on any atom is -0.333 e. The maximum Gasteiger partial charge on any atom is 0.322 e. The molecule has 0 fully saturated rings. The van der Waals surface area contributed by atoms with Crippen LogP contribution >= 0.6 is 11.3 Å². The third kappa shape index (κ3) is 2.98. The Bertz CT molecular complexity index is 666. The smallest absolute Gasteiger partial charge is 0.322 e. The summed E-state index contributed by atoms with van der Waals surface area (Å²) in [5, 5.41) is 6.94. The molecule has 0 aromatic carbocycles. The highest BCUT2D eigenvalue weighted by Crippen LogP contribution is 2.36. The molecular weight excluding hydrogens is 322 g/mol. The fraction of sp³-hybridized carbons (Fsp3) is 0.444. The Morgan fingerprint density at radius 3 is 2.92 bits per heavy atom. The predicted octanol–water partition coefficient (Wildman–Crippen LogP) is 3.29. The van der Waals surface area contributed by atoms with Gasteiger partial charge < -0.3 is 10.2 Å². The number of unbranched alkanes of at least 4 members (excludes halogenated alkanes) is 2. The van der Waals surface area contributed by atoms with Crippen molar-refractivity contribution in [1.82, 2.24) is 15.1 Å². The molecule has 2 aliphatic rings. The van der Waals surface area contributed by atoms with Gasteiger partial charge in [0.1, 0.15) is 0 Å². The first-order valence-electron chi connectivity index (χ1n) is 8.40. The van der Waals surface area contributed by atoms with Crippen molar-refractivity contribution in [3.8, 4) is 0 Å². The Balaban J connectivity index is 1.91. The Morgan fingerprint density at radius 2 is 2.25 bits per heavy atom. The third-order valence-corrected chi connectivity index (χ3v) is 5.22. The first kappa shape index (κ1) is 16.8. The van der Waals surface area contributed by atoms with Crippen molar-refractivity contribution < 1.29 is 9.59 Å². The maximum atomic E-state index is 13.0. The Labute approximate surface area is 146 Å². The largest absolute Gasteiger partial charge is 0.333 e. The summed E-state index contributed by atoms with van der Waals surface area (Å²) in [6.45, 7) is 7.55. The minimum atomic E-state index is -0.344. The number of carbonyl (C=O) groups is 2. The quantitative estimate of drug-likeness (QED) is 0.609. The van der Waals surface area contributed by atoms with Gasteiger partial charge in [-0.25, -0.2) is 4.79 Å². The fourth-order valence-electron chi connectivity index (χ4n) is 3.29. The number of hydrogen-bond acceptors (Lipinski definition) is 3. The van der Waals surface area contributed by atoms with E-state index >= 15 is 0 Å². The molecule has 0 aliphatic carbocycles. The predicted molar refractivity (Wildman–Crippen MR) is 95.6 cm³/mol. The number of nitrogens with zero attached hydrogens (tertiary/aromatic N) is 2. The maximum absolute atomic E-state index is 13.0. The lowest BCUT2D eigenvalue weighted by atomic mass is 9.98. The van der Waals surface area contributed by atoms with E-state index in [4.69, 9.17) is 0 Å². The lowest BCUT2D eigenvalue weighted by Gasteiger charge is -2.32. The van der Waals surface area contributed by atoms with E-state index in [2.05, 4.69) is 18.8 Å². The molecule has 0 unspecified atom stereocenters. The van der Waals surface area contributed by atoms with E-state index < -0.39 is 0 Å². The van der Waals surface area contributed by atoms with Crippen LogP contribution in [0.5, 0.6) is 0 Å². The number of amides is 3. The zero-order valence-corrected chi connectivity index (χ0v) is 14.8. The molecule has 6 heteroatoms. The molecule has 1 aromatic heterocycles.